The molecule has 0 saturated heterocycles. The number of benzene rings is 1. The van der Waals surface area contributed by atoms with Gasteiger partial charge in [-0.15, -0.1) is 0 Å². The van der Waals surface area contributed by atoms with Crippen LogP contribution in [-0.2, 0) is 0 Å². The molecule has 0 amide bonds. The molecule has 1 aromatic carbocycles. The quantitative estimate of drug-likeness (QED) is 0.934. The number of rotatable bonds is 3. The van der Waals surface area contributed by atoms with Gasteiger partial charge < -0.3 is 5.11 Å². The Morgan fingerprint density at radius 3 is 2.75 bits per heavy atom. The van der Waals surface area contributed by atoms with Gasteiger partial charge in [-0.2, -0.15) is 5.26 Å². The average molecular weight is 284 g/mol. The highest BCUT2D eigenvalue weighted by molar-refractivity contribution is 7.99. The molecule has 0 spiro atoms. The summed E-state index contributed by atoms with van der Waals surface area (Å²) in [7, 11) is 0. The van der Waals surface area contributed by atoms with Crippen molar-refractivity contribution in [2.24, 2.45) is 0 Å². The van der Waals surface area contributed by atoms with Crippen molar-refractivity contribution in [3.8, 4) is 6.07 Å². The monoisotopic (exact) mass is 284 g/mol. The van der Waals surface area contributed by atoms with Crippen molar-refractivity contribution in [3.05, 3.63) is 52.8 Å². The zero-order valence-electron chi connectivity index (χ0n) is 11.0. The van der Waals surface area contributed by atoms with Crippen LogP contribution in [0.4, 0.5) is 0 Å². The van der Waals surface area contributed by atoms with Crippen molar-refractivity contribution >= 4 is 17.7 Å². The van der Waals surface area contributed by atoms with Crippen LogP contribution < -0.4 is 0 Å². The molecular formula is C15H12N2O2S. The second-order valence-corrected chi connectivity index (χ2v) is 5.38. The van der Waals surface area contributed by atoms with Crippen LogP contribution in [-0.4, -0.2) is 16.1 Å². The maximum absolute atomic E-state index is 11.0. The highest BCUT2D eigenvalue weighted by Gasteiger charge is 2.11. The lowest BCUT2D eigenvalue weighted by Crippen LogP contribution is -1.96. The molecule has 1 aromatic heterocycles. The van der Waals surface area contributed by atoms with Gasteiger partial charge in [0.25, 0.3) is 0 Å². The number of carboxylic acids is 1. The van der Waals surface area contributed by atoms with Gasteiger partial charge in [0.2, 0.25) is 0 Å². The molecule has 0 unspecified atom stereocenters. The van der Waals surface area contributed by atoms with Crippen LogP contribution in [0.15, 0.2) is 40.1 Å². The number of carbonyl (C=O) groups is 1. The van der Waals surface area contributed by atoms with Crippen LogP contribution in [0.3, 0.4) is 0 Å². The number of aryl methyl sites for hydroxylation is 2. The third-order valence-electron chi connectivity index (χ3n) is 2.71. The van der Waals surface area contributed by atoms with Gasteiger partial charge >= 0.3 is 5.97 Å². The molecule has 0 radical (unpaired) electrons. The van der Waals surface area contributed by atoms with Gasteiger partial charge in [0.05, 0.1) is 16.8 Å². The van der Waals surface area contributed by atoms with Gasteiger partial charge in [-0.1, -0.05) is 17.8 Å². The first kappa shape index (κ1) is 14.1. The molecule has 0 bridgehead atoms. The molecule has 5 heteroatoms. The molecule has 100 valence electrons. The molecule has 0 saturated carbocycles. The fraction of sp³-hybridized carbons (Fsp3) is 0.133. The number of nitriles is 1. The van der Waals surface area contributed by atoms with Crippen LogP contribution in [0.1, 0.15) is 27.3 Å². The molecule has 0 fully saturated rings. The van der Waals surface area contributed by atoms with E-state index in [4.69, 9.17) is 5.11 Å². The fourth-order valence-corrected chi connectivity index (χ4v) is 2.94. The smallest absolute Gasteiger partial charge is 0.335 e. The predicted molar refractivity (Wildman–Crippen MR) is 76.0 cm³/mol. The lowest BCUT2D eigenvalue weighted by molar-refractivity contribution is 0.0696. The molecule has 0 aliphatic carbocycles. The molecular weight excluding hydrogens is 272 g/mol. The first-order valence-corrected chi connectivity index (χ1v) is 6.72. The third kappa shape index (κ3) is 2.98. The van der Waals surface area contributed by atoms with Gasteiger partial charge in [0.1, 0.15) is 6.07 Å². The number of aromatic nitrogens is 1. The number of hydrogen-bond acceptors (Lipinski definition) is 4. The predicted octanol–water partition coefficient (Wildman–Crippen LogP) is 3.42. The van der Waals surface area contributed by atoms with Crippen LogP contribution in [0.25, 0.3) is 0 Å². The zero-order valence-corrected chi connectivity index (χ0v) is 11.9. The van der Waals surface area contributed by atoms with Crippen molar-refractivity contribution in [2.75, 3.05) is 0 Å². The molecule has 0 atom stereocenters. The number of nitrogens with zero attached hydrogens (tertiary/aromatic N) is 2. The summed E-state index contributed by atoms with van der Waals surface area (Å²) < 4.78 is 0. The molecule has 4 nitrogen and oxygen atoms in total. The summed E-state index contributed by atoms with van der Waals surface area (Å²) in [6, 6.07) is 10.6. The van der Waals surface area contributed by atoms with Gasteiger partial charge in [-0.05, 0) is 38.1 Å². The standard InChI is InChI=1S/C15H12N2O2S/c1-9-6-14(13(8-16)10(2)17-9)20-12-5-3-4-11(7-12)15(18)19/h3-7H,1-2H3,(H,18,19). The summed E-state index contributed by atoms with van der Waals surface area (Å²) >= 11 is 1.37. The normalized spacial score (nSPS) is 10.1. The first-order valence-electron chi connectivity index (χ1n) is 5.91. The summed E-state index contributed by atoms with van der Waals surface area (Å²) in [5.74, 6) is -0.963. The summed E-state index contributed by atoms with van der Waals surface area (Å²) in [6.07, 6.45) is 0. The Bertz CT molecular complexity index is 720. The van der Waals surface area contributed by atoms with Crippen LogP contribution in [0, 0.1) is 25.2 Å². The van der Waals surface area contributed by atoms with Gasteiger partial charge in [0, 0.05) is 15.5 Å². The third-order valence-corrected chi connectivity index (χ3v) is 3.74. The summed E-state index contributed by atoms with van der Waals surface area (Å²) in [5.41, 5.74) is 2.28. The minimum absolute atomic E-state index is 0.232. The van der Waals surface area contributed by atoms with E-state index in [1.807, 2.05) is 19.1 Å². The second-order valence-electron chi connectivity index (χ2n) is 4.27. The lowest BCUT2D eigenvalue weighted by atomic mass is 10.2. The van der Waals surface area contributed by atoms with E-state index in [1.165, 1.54) is 11.8 Å². The number of pyridine rings is 1. The SMILES string of the molecule is Cc1cc(Sc2cccc(C(=O)O)c2)c(C#N)c(C)n1. The molecule has 0 aliphatic rings. The number of aromatic carboxylic acids is 1. The Hall–Kier alpha value is -2.32. The van der Waals surface area contributed by atoms with Crippen molar-refractivity contribution in [1.29, 1.82) is 5.26 Å². The molecule has 20 heavy (non-hydrogen) atoms. The number of hydrogen-bond donors (Lipinski definition) is 1. The highest BCUT2D eigenvalue weighted by atomic mass is 32.2. The van der Waals surface area contributed by atoms with E-state index >= 15 is 0 Å². The minimum Gasteiger partial charge on any atom is -0.478 e. The Labute approximate surface area is 121 Å². The molecule has 1 heterocycles. The van der Waals surface area contributed by atoms with E-state index in [1.54, 1.807) is 25.1 Å². The van der Waals surface area contributed by atoms with E-state index in [2.05, 4.69) is 11.1 Å². The van der Waals surface area contributed by atoms with Gasteiger partial charge in [-0.25, -0.2) is 4.79 Å². The van der Waals surface area contributed by atoms with E-state index < -0.39 is 5.97 Å². The van der Waals surface area contributed by atoms with Crippen LogP contribution in [0.5, 0.6) is 0 Å². The minimum atomic E-state index is -0.963. The van der Waals surface area contributed by atoms with E-state index in [9.17, 15) is 10.1 Å². The van der Waals surface area contributed by atoms with Crippen LogP contribution >= 0.6 is 11.8 Å². The average Bonchev–Trinajstić information content (AvgIpc) is 2.38. The van der Waals surface area contributed by atoms with Crippen molar-refractivity contribution in [3.63, 3.8) is 0 Å². The Morgan fingerprint density at radius 2 is 2.10 bits per heavy atom. The summed E-state index contributed by atoms with van der Waals surface area (Å²) in [6.45, 7) is 3.66. The van der Waals surface area contributed by atoms with E-state index in [0.29, 0.717) is 11.3 Å². The van der Waals surface area contributed by atoms with Gasteiger partial charge in [-0.3, -0.25) is 4.98 Å². The summed E-state index contributed by atoms with van der Waals surface area (Å²) in [5, 5.41) is 18.2. The van der Waals surface area contributed by atoms with Crippen molar-refractivity contribution in [1.82, 2.24) is 4.98 Å². The Balaban J connectivity index is 2.42. The maximum Gasteiger partial charge on any atom is 0.335 e. The number of carboxylic acid groups (broad SMARTS) is 1. The topological polar surface area (TPSA) is 74.0 Å². The lowest BCUT2D eigenvalue weighted by Gasteiger charge is -2.08. The Morgan fingerprint density at radius 1 is 1.35 bits per heavy atom. The Kier molecular flexibility index (Phi) is 4.06. The van der Waals surface area contributed by atoms with E-state index in [0.717, 1.165) is 15.5 Å². The second kappa shape index (κ2) is 5.76. The van der Waals surface area contributed by atoms with Gasteiger partial charge in [0.15, 0.2) is 0 Å². The molecule has 2 rings (SSSR count). The highest BCUT2D eigenvalue weighted by Crippen LogP contribution is 2.32. The maximum atomic E-state index is 11.0. The fourth-order valence-electron chi connectivity index (χ4n) is 1.83. The largest absolute Gasteiger partial charge is 0.478 e. The van der Waals surface area contributed by atoms with Crippen molar-refractivity contribution in [2.45, 2.75) is 23.6 Å². The van der Waals surface area contributed by atoms with E-state index in [-0.39, 0.29) is 5.56 Å². The van der Waals surface area contributed by atoms with Crippen LogP contribution in [0.2, 0.25) is 0 Å². The molecule has 2 aromatic rings. The molecule has 0 aliphatic heterocycles. The first-order chi connectivity index (χ1) is 9.51. The molecule has 1 N–H and O–H groups in total. The van der Waals surface area contributed by atoms with Crippen molar-refractivity contribution < 1.29 is 9.90 Å². The zero-order chi connectivity index (χ0) is 14.7. The summed E-state index contributed by atoms with van der Waals surface area (Å²) in [4.78, 5) is 16.8.